The fourth-order valence-electron chi connectivity index (χ4n) is 10.2. The molecule has 5 fully saturated rings. The number of hydrogen-bond donors (Lipinski definition) is 4. The number of nitrogens with two attached hydrogens (primary N) is 1. The van der Waals surface area contributed by atoms with Gasteiger partial charge in [0.1, 0.15) is 11.8 Å². The monoisotopic (exact) mass is 824 g/mol. The lowest BCUT2D eigenvalue weighted by Gasteiger charge is -2.43. The van der Waals surface area contributed by atoms with Gasteiger partial charge in [-0.15, -0.1) is 10.2 Å². The van der Waals surface area contributed by atoms with Gasteiger partial charge in [-0.2, -0.15) is 0 Å². The van der Waals surface area contributed by atoms with Gasteiger partial charge in [-0.3, -0.25) is 39.1 Å². The van der Waals surface area contributed by atoms with E-state index in [1.54, 1.807) is 30.3 Å². The summed E-state index contributed by atoms with van der Waals surface area (Å²) in [6.07, 6.45) is 3.94. The lowest BCUT2D eigenvalue weighted by atomic mass is 9.94. The number of hydrogen-bond acceptors (Lipinski definition) is 13. The number of aromatic nitrogens is 2. The van der Waals surface area contributed by atoms with Crippen molar-refractivity contribution in [3.05, 3.63) is 89.5 Å². The summed E-state index contributed by atoms with van der Waals surface area (Å²) in [5, 5.41) is 24.4. The van der Waals surface area contributed by atoms with Gasteiger partial charge in [0, 0.05) is 74.1 Å². The molecule has 7 heterocycles. The van der Waals surface area contributed by atoms with Crippen LogP contribution in [0, 0.1) is 5.92 Å². The van der Waals surface area contributed by atoms with Crippen LogP contribution in [0.3, 0.4) is 0 Å². The van der Waals surface area contributed by atoms with Crippen LogP contribution >= 0.6 is 0 Å². The second kappa shape index (κ2) is 15.5. The number of fused-ring (bicyclic) bond motifs is 3. The van der Waals surface area contributed by atoms with Crippen LogP contribution < -0.4 is 31.1 Å². The topological polar surface area (TPSA) is 198 Å². The number of amides is 5. The molecule has 3 atom stereocenters. The molecule has 5 saturated heterocycles. The van der Waals surface area contributed by atoms with Crippen molar-refractivity contribution >= 4 is 52.4 Å². The van der Waals surface area contributed by atoms with Crippen LogP contribution in [0.2, 0.25) is 0 Å². The molecule has 6 aliphatic rings. The van der Waals surface area contributed by atoms with Gasteiger partial charge in [0.25, 0.3) is 11.8 Å². The quantitative estimate of drug-likeness (QED) is 0.180. The molecule has 3 aromatic carbocycles. The molecule has 6 aliphatic heterocycles. The highest BCUT2D eigenvalue weighted by atomic mass is 16.3. The predicted octanol–water partition coefficient (Wildman–Crippen LogP) is 2.91. The largest absolute Gasteiger partial charge is 0.507 e. The minimum atomic E-state index is -1.00. The summed E-state index contributed by atoms with van der Waals surface area (Å²) in [6, 6.07) is 22.7. The van der Waals surface area contributed by atoms with Gasteiger partial charge in [0.15, 0.2) is 5.82 Å². The number of piperazine rings is 1. The fraction of sp³-hybridized carbons (Fsp3) is 0.400. The molecule has 61 heavy (non-hydrogen) atoms. The van der Waals surface area contributed by atoms with E-state index < -0.39 is 29.7 Å². The first-order chi connectivity index (χ1) is 29.6. The van der Waals surface area contributed by atoms with Crippen LogP contribution in [-0.2, 0) is 20.9 Å². The smallest absolute Gasteiger partial charge is 0.262 e. The van der Waals surface area contributed by atoms with Gasteiger partial charge in [-0.1, -0.05) is 24.3 Å². The second-order valence-electron chi connectivity index (χ2n) is 17.2. The molecule has 0 spiro atoms. The van der Waals surface area contributed by atoms with Gasteiger partial charge < -0.3 is 30.9 Å². The zero-order chi connectivity index (χ0) is 41.9. The maximum Gasteiger partial charge on any atom is 0.262 e. The van der Waals surface area contributed by atoms with Crippen LogP contribution in [0.1, 0.15) is 64.8 Å². The number of rotatable bonds is 9. The Balaban J connectivity index is 0.700. The number of imide groups is 2. The van der Waals surface area contributed by atoms with Crippen LogP contribution in [0.15, 0.2) is 72.8 Å². The summed E-state index contributed by atoms with van der Waals surface area (Å²) in [5.74, 6) is -1.53. The molecule has 0 saturated carbocycles. The van der Waals surface area contributed by atoms with Crippen molar-refractivity contribution < 1.29 is 29.1 Å². The van der Waals surface area contributed by atoms with Gasteiger partial charge in [0.2, 0.25) is 17.7 Å². The van der Waals surface area contributed by atoms with Crippen molar-refractivity contribution in [1.29, 1.82) is 0 Å². The first kappa shape index (κ1) is 38.6. The van der Waals surface area contributed by atoms with E-state index in [-0.39, 0.29) is 47.6 Å². The number of carbonyl (C=O) groups is 5. The lowest BCUT2D eigenvalue weighted by molar-refractivity contribution is -0.136. The second-order valence-corrected chi connectivity index (χ2v) is 17.2. The normalized spacial score (nSPS) is 23.3. The summed E-state index contributed by atoms with van der Waals surface area (Å²) >= 11 is 0. The Hall–Kier alpha value is -6.55. The summed E-state index contributed by atoms with van der Waals surface area (Å²) in [5.41, 5.74) is 12.2. The zero-order valence-electron chi connectivity index (χ0n) is 33.7. The average molecular weight is 825 g/mol. The Morgan fingerprint density at radius 1 is 0.770 bits per heavy atom. The molecule has 4 aromatic rings. The van der Waals surface area contributed by atoms with Crippen LogP contribution in [-0.4, -0.2) is 118 Å². The molecule has 16 nitrogen and oxygen atoms in total. The fourth-order valence-corrected chi connectivity index (χ4v) is 10.2. The van der Waals surface area contributed by atoms with E-state index >= 15 is 0 Å². The van der Waals surface area contributed by atoms with Gasteiger partial charge >= 0.3 is 0 Å². The first-order valence-corrected chi connectivity index (χ1v) is 21.2. The molecule has 16 heteroatoms. The number of nitrogens with one attached hydrogen (secondary N) is 2. The number of phenolic OH excluding ortho intramolecular Hbond substituents is 1. The summed E-state index contributed by atoms with van der Waals surface area (Å²) in [7, 11) is 0. The maximum atomic E-state index is 13.4. The highest BCUT2D eigenvalue weighted by Gasteiger charge is 2.45. The standard InChI is InChI=1S/C45H48N10O6/c46-41-38(20-36(49-50-41)34-6-1-2-7-39(34)56)53-24-31-8-9-32(25-53)54(31)30-5-3-4-26(18-30)21-51-16-14-27(15-17-51)42(58)47-28-22-52(23-28)29-10-11-33-35(19-29)45(61)55(44(33)60)37-12-13-40(57)48-43(37)59/h1-7,10-11,18-20,27-28,31-32,37,56H,8-9,12-17,21-25H2,(H2,46,50)(H,47,58)(H,48,57,59). The van der Waals surface area contributed by atoms with Crippen molar-refractivity contribution in [2.75, 3.05) is 59.7 Å². The number of benzene rings is 3. The van der Waals surface area contributed by atoms with E-state index in [0.717, 1.165) is 74.7 Å². The maximum absolute atomic E-state index is 13.4. The lowest BCUT2D eigenvalue weighted by Crippen LogP contribution is -2.60. The van der Waals surface area contributed by atoms with E-state index in [0.29, 0.717) is 42.2 Å². The molecular weight excluding hydrogens is 777 g/mol. The predicted molar refractivity (Wildman–Crippen MR) is 227 cm³/mol. The Labute approximate surface area is 352 Å². The number of carbonyl (C=O) groups excluding carboxylic acids is 5. The molecular formula is C45H48N10O6. The van der Waals surface area contributed by atoms with Gasteiger partial charge in [-0.25, -0.2) is 0 Å². The van der Waals surface area contributed by atoms with Crippen molar-refractivity contribution in [3.63, 3.8) is 0 Å². The number of nitrogens with zero attached hydrogens (tertiary/aromatic N) is 7. The third-order valence-corrected chi connectivity index (χ3v) is 13.4. The molecule has 1 aromatic heterocycles. The minimum Gasteiger partial charge on any atom is -0.507 e. The van der Waals surface area contributed by atoms with E-state index in [1.165, 1.54) is 11.3 Å². The Kier molecular flexibility index (Phi) is 9.81. The highest BCUT2D eigenvalue weighted by Crippen LogP contribution is 2.40. The minimum absolute atomic E-state index is 0.0176. The summed E-state index contributed by atoms with van der Waals surface area (Å²) < 4.78 is 0. The van der Waals surface area contributed by atoms with E-state index in [1.807, 2.05) is 18.2 Å². The molecule has 10 rings (SSSR count). The molecule has 2 bridgehead atoms. The van der Waals surface area contributed by atoms with Crippen molar-refractivity contribution in [3.8, 4) is 17.0 Å². The van der Waals surface area contributed by atoms with Gasteiger partial charge in [-0.05, 0) is 99.3 Å². The Morgan fingerprint density at radius 2 is 1.52 bits per heavy atom. The number of para-hydroxylation sites is 1. The van der Waals surface area contributed by atoms with Crippen molar-refractivity contribution in [2.45, 2.75) is 69.2 Å². The average Bonchev–Trinajstić information content (AvgIpc) is 3.65. The number of aromatic hydroxyl groups is 1. The van der Waals surface area contributed by atoms with Crippen LogP contribution in [0.5, 0.6) is 5.75 Å². The van der Waals surface area contributed by atoms with E-state index in [9.17, 15) is 29.1 Å². The third-order valence-electron chi connectivity index (χ3n) is 13.4. The number of phenols is 1. The zero-order valence-corrected chi connectivity index (χ0v) is 33.7. The number of piperidine rings is 2. The first-order valence-electron chi connectivity index (χ1n) is 21.2. The molecule has 5 N–H and O–H groups in total. The van der Waals surface area contributed by atoms with Crippen LogP contribution in [0.4, 0.5) is 22.9 Å². The summed E-state index contributed by atoms with van der Waals surface area (Å²) in [4.78, 5) is 74.1. The Morgan fingerprint density at radius 3 is 2.28 bits per heavy atom. The Bertz CT molecular complexity index is 2430. The SMILES string of the molecule is Nc1nnc(-c2ccccc2O)cc1N1CC2CCC(C1)N2c1cccc(CN2CCC(C(=O)NC3CN(c4ccc5c(c4)C(=O)N(C4CCC(=O)NC4=O)C5=O)C3)CC2)c1. The van der Waals surface area contributed by atoms with Crippen molar-refractivity contribution in [2.24, 2.45) is 5.92 Å². The van der Waals surface area contributed by atoms with E-state index in [2.05, 4.69) is 64.7 Å². The molecule has 314 valence electrons. The van der Waals surface area contributed by atoms with Crippen LogP contribution in [0.25, 0.3) is 11.3 Å². The van der Waals surface area contributed by atoms with Crippen molar-refractivity contribution in [1.82, 2.24) is 30.6 Å². The molecule has 3 unspecified atom stereocenters. The van der Waals surface area contributed by atoms with Gasteiger partial charge in [0.05, 0.1) is 28.6 Å². The highest BCUT2D eigenvalue weighted by molar-refractivity contribution is 6.23. The summed E-state index contributed by atoms with van der Waals surface area (Å²) in [6.45, 7) is 5.31. The van der Waals surface area contributed by atoms with E-state index in [4.69, 9.17) is 5.73 Å². The molecule has 5 amide bonds. The number of anilines is 4. The molecule has 0 aliphatic carbocycles. The number of likely N-dealkylation sites (tertiary alicyclic amines) is 1. The third kappa shape index (κ3) is 7.17. The number of nitrogen functional groups attached to an aromatic ring is 1. The molecule has 0 radical (unpaired) electrons.